The van der Waals surface area contributed by atoms with Crippen molar-refractivity contribution in [1.82, 2.24) is 4.90 Å². The third-order valence-corrected chi connectivity index (χ3v) is 8.11. The van der Waals surface area contributed by atoms with Gasteiger partial charge in [0.25, 0.3) is 0 Å². The van der Waals surface area contributed by atoms with Crippen molar-refractivity contribution < 1.29 is 9.47 Å². The molecule has 0 aromatic heterocycles. The minimum Gasteiger partial charge on any atom is -0.372 e. The number of rotatable bonds is 7. The zero-order valence-electron chi connectivity index (χ0n) is 19.0. The fourth-order valence-electron chi connectivity index (χ4n) is 6.54. The van der Waals surface area contributed by atoms with Crippen LogP contribution in [0.25, 0.3) is 0 Å². The molecule has 4 heterocycles. The highest BCUT2D eigenvalue weighted by Gasteiger charge is 2.72. The summed E-state index contributed by atoms with van der Waals surface area (Å²) in [5.74, 6) is 0. The van der Waals surface area contributed by atoms with Gasteiger partial charge in [0.2, 0.25) is 0 Å². The van der Waals surface area contributed by atoms with Crippen LogP contribution >= 0.6 is 0 Å². The summed E-state index contributed by atoms with van der Waals surface area (Å²) in [7, 11) is 0. The molecule has 4 unspecified atom stereocenters. The molecular formula is C30H31NO2. The van der Waals surface area contributed by atoms with Crippen LogP contribution < -0.4 is 0 Å². The smallest absolute Gasteiger partial charge is 0.127 e. The molecule has 4 saturated heterocycles. The molecular weight excluding hydrogens is 406 g/mol. The Bertz CT molecular complexity index is 1070. The SMILES string of the molecule is C=C(COCc1ccccc1)C1CC23CCN1CC2OC3(c1ccccc1)c1ccccc1. The van der Waals surface area contributed by atoms with E-state index in [9.17, 15) is 0 Å². The van der Waals surface area contributed by atoms with Crippen LogP contribution in [0.2, 0.25) is 0 Å². The molecule has 0 amide bonds. The average Bonchev–Trinajstić information content (AvgIpc) is 2.87. The highest BCUT2D eigenvalue weighted by molar-refractivity contribution is 5.45. The minimum absolute atomic E-state index is 0.0808. The number of benzene rings is 3. The van der Waals surface area contributed by atoms with Gasteiger partial charge >= 0.3 is 0 Å². The molecule has 33 heavy (non-hydrogen) atoms. The molecule has 168 valence electrons. The number of fused-ring (bicyclic) bond motifs is 2. The van der Waals surface area contributed by atoms with Gasteiger partial charge in [-0.2, -0.15) is 0 Å². The average molecular weight is 438 g/mol. The predicted octanol–water partition coefficient (Wildman–Crippen LogP) is 5.57. The second kappa shape index (κ2) is 8.25. The number of hydrogen-bond donors (Lipinski definition) is 0. The molecule has 3 aromatic rings. The van der Waals surface area contributed by atoms with Gasteiger partial charge in [-0.3, -0.25) is 4.90 Å². The normalized spacial score (nSPS) is 29.2. The molecule has 2 bridgehead atoms. The van der Waals surface area contributed by atoms with Crippen molar-refractivity contribution in [3.05, 3.63) is 120 Å². The minimum atomic E-state index is -0.393. The van der Waals surface area contributed by atoms with E-state index in [1.54, 1.807) is 0 Å². The Balaban J connectivity index is 1.27. The molecule has 4 atom stereocenters. The molecule has 0 saturated carbocycles. The number of piperidine rings is 3. The third kappa shape index (κ3) is 3.22. The Hall–Kier alpha value is -2.72. The second-order valence-corrected chi connectivity index (χ2v) is 9.78. The van der Waals surface area contributed by atoms with E-state index in [1.807, 2.05) is 6.07 Å². The van der Waals surface area contributed by atoms with Crippen molar-refractivity contribution in [2.75, 3.05) is 19.7 Å². The van der Waals surface area contributed by atoms with E-state index in [-0.39, 0.29) is 11.5 Å². The lowest BCUT2D eigenvalue weighted by molar-refractivity contribution is -0.354. The number of hydrogen-bond acceptors (Lipinski definition) is 3. The summed E-state index contributed by atoms with van der Waals surface area (Å²) >= 11 is 0. The standard InChI is InChI=1S/C30H31NO2/c1-23(21-32-22-24-11-5-2-6-12-24)27-19-29-17-18-31(27)20-28(29)33-30(29,25-13-7-3-8-14-25)26-15-9-4-10-16-26/h2-16,27-28H,1,17-22H2. The lowest BCUT2D eigenvalue weighted by Crippen LogP contribution is -2.78. The van der Waals surface area contributed by atoms with Crippen LogP contribution in [0.3, 0.4) is 0 Å². The summed E-state index contributed by atoms with van der Waals surface area (Å²) in [5.41, 5.74) is 4.62. The zero-order valence-corrected chi connectivity index (χ0v) is 19.0. The van der Waals surface area contributed by atoms with Crippen LogP contribution in [-0.4, -0.2) is 36.7 Å². The van der Waals surface area contributed by atoms with Gasteiger partial charge in [0.05, 0.1) is 19.3 Å². The summed E-state index contributed by atoms with van der Waals surface area (Å²) in [6, 6.07) is 32.4. The first-order valence-electron chi connectivity index (χ1n) is 12.1. The van der Waals surface area contributed by atoms with Gasteiger partial charge in [-0.25, -0.2) is 0 Å². The van der Waals surface area contributed by atoms with Crippen LogP contribution in [0.5, 0.6) is 0 Å². The van der Waals surface area contributed by atoms with Gasteiger partial charge in [-0.15, -0.1) is 0 Å². The summed E-state index contributed by atoms with van der Waals surface area (Å²) in [6.45, 7) is 7.78. The Morgan fingerprint density at radius 3 is 2.12 bits per heavy atom. The second-order valence-electron chi connectivity index (χ2n) is 9.78. The first-order valence-corrected chi connectivity index (χ1v) is 12.1. The quantitative estimate of drug-likeness (QED) is 0.451. The molecule has 1 spiro atoms. The first-order chi connectivity index (χ1) is 16.2. The topological polar surface area (TPSA) is 21.7 Å². The van der Waals surface area contributed by atoms with Crippen LogP contribution in [0.15, 0.2) is 103 Å². The van der Waals surface area contributed by atoms with E-state index in [2.05, 4.69) is 96.4 Å². The van der Waals surface area contributed by atoms with Crippen molar-refractivity contribution >= 4 is 0 Å². The highest BCUT2D eigenvalue weighted by Crippen LogP contribution is 2.68. The molecule has 3 nitrogen and oxygen atoms in total. The van der Waals surface area contributed by atoms with Crippen LogP contribution in [0.1, 0.15) is 29.5 Å². The molecule has 4 aliphatic heterocycles. The van der Waals surface area contributed by atoms with E-state index >= 15 is 0 Å². The van der Waals surface area contributed by atoms with Gasteiger partial charge in [0.15, 0.2) is 0 Å². The molecule has 3 aromatic carbocycles. The fraction of sp³-hybridized carbons (Fsp3) is 0.333. The molecule has 4 fully saturated rings. The molecule has 0 aliphatic carbocycles. The number of ether oxygens (including phenoxy) is 2. The van der Waals surface area contributed by atoms with Gasteiger partial charge in [-0.05, 0) is 41.6 Å². The molecule has 0 N–H and O–H groups in total. The van der Waals surface area contributed by atoms with Crippen LogP contribution in [0.4, 0.5) is 0 Å². The summed E-state index contributed by atoms with van der Waals surface area (Å²) < 4.78 is 13.0. The third-order valence-electron chi connectivity index (χ3n) is 8.11. The van der Waals surface area contributed by atoms with E-state index in [1.165, 1.54) is 22.3 Å². The lowest BCUT2D eigenvalue weighted by Gasteiger charge is -2.72. The number of nitrogens with zero attached hydrogens (tertiary/aromatic N) is 1. The maximum Gasteiger partial charge on any atom is 0.127 e. The summed E-state index contributed by atoms with van der Waals surface area (Å²) in [5, 5.41) is 0. The van der Waals surface area contributed by atoms with Gasteiger partial charge in [-0.1, -0.05) is 97.6 Å². The van der Waals surface area contributed by atoms with E-state index in [0.717, 1.165) is 25.9 Å². The Labute approximate surface area is 196 Å². The van der Waals surface area contributed by atoms with Crippen LogP contribution in [-0.2, 0) is 21.7 Å². The zero-order chi connectivity index (χ0) is 22.3. The largest absolute Gasteiger partial charge is 0.372 e. The Morgan fingerprint density at radius 2 is 1.52 bits per heavy atom. The molecule has 0 radical (unpaired) electrons. The Kier molecular flexibility index (Phi) is 5.21. The maximum atomic E-state index is 6.89. The summed E-state index contributed by atoms with van der Waals surface area (Å²) in [6.07, 6.45) is 2.48. The lowest BCUT2D eigenvalue weighted by atomic mass is 9.49. The van der Waals surface area contributed by atoms with Crippen molar-refractivity contribution in [2.24, 2.45) is 5.41 Å². The van der Waals surface area contributed by atoms with Gasteiger partial charge in [0, 0.05) is 18.0 Å². The van der Waals surface area contributed by atoms with E-state index < -0.39 is 5.60 Å². The van der Waals surface area contributed by atoms with E-state index in [4.69, 9.17) is 9.47 Å². The monoisotopic (exact) mass is 437 g/mol. The summed E-state index contributed by atoms with van der Waals surface area (Å²) in [4.78, 5) is 2.57. The molecule has 7 rings (SSSR count). The van der Waals surface area contributed by atoms with Crippen molar-refractivity contribution in [3.63, 3.8) is 0 Å². The first kappa shape index (κ1) is 20.9. The van der Waals surface area contributed by atoms with Crippen molar-refractivity contribution in [3.8, 4) is 0 Å². The highest BCUT2D eigenvalue weighted by atomic mass is 16.5. The van der Waals surface area contributed by atoms with Crippen molar-refractivity contribution in [1.29, 1.82) is 0 Å². The van der Waals surface area contributed by atoms with Crippen molar-refractivity contribution in [2.45, 2.75) is 37.2 Å². The molecule has 4 aliphatic rings. The van der Waals surface area contributed by atoms with E-state index in [0.29, 0.717) is 19.3 Å². The maximum absolute atomic E-state index is 6.89. The Morgan fingerprint density at radius 1 is 0.909 bits per heavy atom. The fourth-order valence-corrected chi connectivity index (χ4v) is 6.54. The van der Waals surface area contributed by atoms with Gasteiger partial charge in [0.1, 0.15) is 5.60 Å². The van der Waals surface area contributed by atoms with Crippen LogP contribution in [0, 0.1) is 5.41 Å². The molecule has 3 heteroatoms. The van der Waals surface area contributed by atoms with Gasteiger partial charge < -0.3 is 9.47 Å². The predicted molar refractivity (Wildman–Crippen MR) is 131 cm³/mol.